The third-order valence-electron chi connectivity index (χ3n) is 3.57. The highest BCUT2D eigenvalue weighted by Gasteiger charge is 2.35. The zero-order valence-electron chi connectivity index (χ0n) is 14.1. The predicted octanol–water partition coefficient (Wildman–Crippen LogP) is 6.62. The highest BCUT2D eigenvalue weighted by molar-refractivity contribution is 5.53. The standard InChI is InChI=1S/C19H15F7O/c1-2-3-12-4-6-13(7-5-12)19(25,26)27-14-10-16(20)15(17(21)11-14)8-9-18(22,23)24/h4-11H,2-3H2,1H3/b9-8+. The fraction of sp³-hybridized carbons (Fsp3) is 0.263. The lowest BCUT2D eigenvalue weighted by molar-refractivity contribution is -0.185. The minimum absolute atomic E-state index is 0.180. The number of aryl methyl sites for hydroxylation is 1. The molecule has 2 aromatic carbocycles. The van der Waals surface area contributed by atoms with E-state index in [0.717, 1.165) is 24.1 Å². The Bertz CT molecular complexity index is 785. The second kappa shape index (κ2) is 8.02. The fourth-order valence-electron chi connectivity index (χ4n) is 2.32. The average Bonchev–Trinajstić information content (AvgIpc) is 2.53. The van der Waals surface area contributed by atoms with Crippen molar-refractivity contribution in [2.45, 2.75) is 32.1 Å². The quantitative estimate of drug-likeness (QED) is 0.502. The first-order chi connectivity index (χ1) is 12.5. The lowest BCUT2D eigenvalue weighted by Crippen LogP contribution is -2.22. The van der Waals surface area contributed by atoms with Crippen LogP contribution in [-0.4, -0.2) is 6.18 Å². The van der Waals surface area contributed by atoms with Gasteiger partial charge in [-0.1, -0.05) is 25.5 Å². The smallest absolute Gasteiger partial charge is 0.426 e. The number of rotatable bonds is 6. The molecule has 0 aliphatic rings. The van der Waals surface area contributed by atoms with Gasteiger partial charge >= 0.3 is 12.3 Å². The lowest BCUT2D eigenvalue weighted by Gasteiger charge is -2.19. The number of alkyl halides is 5. The molecule has 0 aliphatic carbocycles. The summed E-state index contributed by atoms with van der Waals surface area (Å²) >= 11 is 0. The topological polar surface area (TPSA) is 9.23 Å². The number of halogens is 7. The van der Waals surface area contributed by atoms with E-state index in [1.54, 1.807) is 0 Å². The maximum absolute atomic E-state index is 14.2. The van der Waals surface area contributed by atoms with Gasteiger partial charge in [-0.25, -0.2) is 8.78 Å². The molecule has 0 saturated heterocycles. The highest BCUT2D eigenvalue weighted by atomic mass is 19.4. The van der Waals surface area contributed by atoms with E-state index < -0.39 is 40.8 Å². The number of ether oxygens (including phenoxy) is 1. The average molecular weight is 392 g/mol. The molecule has 0 aliphatic heterocycles. The van der Waals surface area contributed by atoms with E-state index in [9.17, 15) is 30.7 Å². The Morgan fingerprint density at radius 3 is 1.96 bits per heavy atom. The van der Waals surface area contributed by atoms with Crippen LogP contribution in [0.1, 0.15) is 30.0 Å². The summed E-state index contributed by atoms with van der Waals surface area (Å²) in [6.45, 7) is 1.93. The van der Waals surface area contributed by atoms with E-state index in [-0.39, 0.29) is 12.2 Å². The van der Waals surface area contributed by atoms with Gasteiger partial charge in [-0.2, -0.15) is 22.0 Å². The van der Waals surface area contributed by atoms with Gasteiger partial charge in [-0.3, -0.25) is 0 Å². The molecule has 0 radical (unpaired) electrons. The van der Waals surface area contributed by atoms with Crippen LogP contribution in [0.5, 0.6) is 5.75 Å². The zero-order valence-corrected chi connectivity index (χ0v) is 14.1. The Kier molecular flexibility index (Phi) is 6.18. The van der Waals surface area contributed by atoms with Crippen LogP contribution in [0, 0.1) is 11.6 Å². The first kappa shape index (κ1) is 20.8. The molecule has 146 valence electrons. The first-order valence-corrected chi connectivity index (χ1v) is 7.93. The molecule has 0 unspecified atom stereocenters. The monoisotopic (exact) mass is 392 g/mol. The molecular weight excluding hydrogens is 377 g/mol. The molecule has 0 saturated carbocycles. The summed E-state index contributed by atoms with van der Waals surface area (Å²) in [4.78, 5) is 0. The van der Waals surface area contributed by atoms with Crippen molar-refractivity contribution < 1.29 is 35.5 Å². The Balaban J connectivity index is 2.24. The molecular formula is C19H15F7O. The highest BCUT2D eigenvalue weighted by Crippen LogP contribution is 2.33. The van der Waals surface area contributed by atoms with Gasteiger partial charge in [-0.15, -0.1) is 0 Å². The Morgan fingerprint density at radius 2 is 1.48 bits per heavy atom. The minimum Gasteiger partial charge on any atom is -0.429 e. The van der Waals surface area contributed by atoms with Gasteiger partial charge in [-0.05, 0) is 30.2 Å². The van der Waals surface area contributed by atoms with E-state index >= 15 is 0 Å². The van der Waals surface area contributed by atoms with E-state index in [4.69, 9.17) is 0 Å². The van der Waals surface area contributed by atoms with E-state index in [2.05, 4.69) is 4.74 Å². The summed E-state index contributed by atoms with van der Waals surface area (Å²) < 4.78 is 96.8. The van der Waals surface area contributed by atoms with Crippen molar-refractivity contribution in [1.82, 2.24) is 0 Å². The van der Waals surface area contributed by atoms with Gasteiger partial charge in [0.05, 0.1) is 5.56 Å². The Hall–Kier alpha value is -2.51. The van der Waals surface area contributed by atoms with E-state index in [0.29, 0.717) is 18.6 Å². The van der Waals surface area contributed by atoms with Crippen molar-refractivity contribution in [3.63, 3.8) is 0 Å². The van der Waals surface area contributed by atoms with E-state index in [1.165, 1.54) is 12.1 Å². The molecule has 0 spiro atoms. The van der Waals surface area contributed by atoms with Gasteiger partial charge < -0.3 is 4.74 Å². The van der Waals surface area contributed by atoms with Crippen LogP contribution in [0.25, 0.3) is 6.08 Å². The third-order valence-corrected chi connectivity index (χ3v) is 3.57. The van der Waals surface area contributed by atoms with Crippen molar-refractivity contribution in [3.05, 3.63) is 70.8 Å². The maximum Gasteiger partial charge on any atom is 0.426 e. The van der Waals surface area contributed by atoms with Crippen LogP contribution < -0.4 is 4.74 Å². The second-order valence-corrected chi connectivity index (χ2v) is 5.74. The second-order valence-electron chi connectivity index (χ2n) is 5.74. The van der Waals surface area contributed by atoms with Crippen molar-refractivity contribution in [2.24, 2.45) is 0 Å². The fourth-order valence-corrected chi connectivity index (χ4v) is 2.32. The zero-order chi connectivity index (χ0) is 20.2. The molecule has 27 heavy (non-hydrogen) atoms. The molecule has 0 N–H and O–H groups in total. The number of hydrogen-bond acceptors (Lipinski definition) is 1. The van der Waals surface area contributed by atoms with Crippen LogP contribution in [0.15, 0.2) is 42.5 Å². The predicted molar refractivity (Wildman–Crippen MR) is 86.4 cm³/mol. The molecule has 2 rings (SSSR count). The van der Waals surface area contributed by atoms with E-state index in [1.807, 2.05) is 6.92 Å². The summed E-state index contributed by atoms with van der Waals surface area (Å²) in [5.41, 5.74) is -0.689. The maximum atomic E-state index is 14.2. The molecule has 0 atom stereocenters. The lowest BCUT2D eigenvalue weighted by atomic mass is 10.1. The van der Waals surface area contributed by atoms with Crippen molar-refractivity contribution in [3.8, 4) is 5.75 Å². The Labute approximate surface area is 151 Å². The number of hydrogen-bond donors (Lipinski definition) is 0. The summed E-state index contributed by atoms with van der Waals surface area (Å²) in [7, 11) is 0. The molecule has 0 amide bonds. The van der Waals surface area contributed by atoms with Crippen LogP contribution in [0.4, 0.5) is 30.7 Å². The van der Waals surface area contributed by atoms with Crippen LogP contribution in [0.3, 0.4) is 0 Å². The van der Waals surface area contributed by atoms with Crippen LogP contribution >= 0.6 is 0 Å². The third kappa shape index (κ3) is 5.74. The summed E-state index contributed by atoms with van der Waals surface area (Å²) in [5, 5.41) is 0. The molecule has 0 fully saturated rings. The van der Waals surface area contributed by atoms with Gasteiger partial charge in [0.25, 0.3) is 0 Å². The van der Waals surface area contributed by atoms with Crippen LogP contribution in [-0.2, 0) is 12.5 Å². The molecule has 8 heteroatoms. The summed E-state index contributed by atoms with van der Waals surface area (Å²) in [6, 6.07) is 6.05. The first-order valence-electron chi connectivity index (χ1n) is 7.93. The van der Waals surface area contributed by atoms with Gasteiger partial charge in [0.15, 0.2) is 0 Å². The van der Waals surface area contributed by atoms with Crippen molar-refractivity contribution in [2.75, 3.05) is 0 Å². The van der Waals surface area contributed by atoms with Crippen LogP contribution in [0.2, 0.25) is 0 Å². The van der Waals surface area contributed by atoms with Crippen molar-refractivity contribution >= 4 is 6.08 Å². The van der Waals surface area contributed by atoms with Gasteiger partial charge in [0, 0.05) is 23.8 Å². The Morgan fingerprint density at radius 1 is 0.926 bits per heavy atom. The molecule has 0 heterocycles. The normalized spacial score (nSPS) is 12.6. The molecule has 1 nitrogen and oxygen atoms in total. The SMILES string of the molecule is CCCc1ccc(C(F)(F)Oc2cc(F)c(/C=C/C(F)(F)F)c(F)c2)cc1. The van der Waals surface area contributed by atoms with Crippen molar-refractivity contribution in [1.29, 1.82) is 0 Å². The minimum atomic E-state index is -4.77. The molecule has 0 bridgehead atoms. The summed E-state index contributed by atoms with van der Waals surface area (Å²) in [5.74, 6) is -3.77. The molecule has 2 aromatic rings. The number of benzene rings is 2. The van der Waals surface area contributed by atoms with Gasteiger partial charge in [0.1, 0.15) is 17.4 Å². The molecule has 0 aromatic heterocycles. The largest absolute Gasteiger partial charge is 0.429 e. The summed E-state index contributed by atoms with van der Waals surface area (Å²) in [6.07, 6.45) is -7.30. The number of allylic oxidation sites excluding steroid dienone is 1. The van der Waals surface area contributed by atoms with Gasteiger partial charge in [0.2, 0.25) is 0 Å².